The van der Waals surface area contributed by atoms with Gasteiger partial charge in [-0.3, -0.25) is 4.79 Å². The average Bonchev–Trinajstić information content (AvgIpc) is 2.18. The van der Waals surface area contributed by atoms with Crippen molar-refractivity contribution in [3.8, 4) is 0 Å². The van der Waals surface area contributed by atoms with E-state index in [2.05, 4.69) is 4.98 Å². The van der Waals surface area contributed by atoms with E-state index in [1.165, 1.54) is 18.7 Å². The number of hydrogen-bond donors (Lipinski definition) is 0. The summed E-state index contributed by atoms with van der Waals surface area (Å²) in [5, 5.41) is 0.987. The van der Waals surface area contributed by atoms with Gasteiger partial charge in [0.25, 0.3) is 0 Å². The van der Waals surface area contributed by atoms with Crippen LogP contribution in [0, 0.1) is 0 Å². The maximum Gasteiger partial charge on any atom is 0.150 e. The lowest BCUT2D eigenvalue weighted by Gasteiger charge is -2.06. The van der Waals surface area contributed by atoms with E-state index in [1.807, 2.05) is 0 Å². The van der Waals surface area contributed by atoms with Crippen molar-refractivity contribution in [3.63, 3.8) is 0 Å². The molecule has 0 N–H and O–H groups in total. The predicted molar refractivity (Wildman–Crippen MR) is 65.7 cm³/mol. The summed E-state index contributed by atoms with van der Waals surface area (Å²) >= 11 is 24.3. The molecule has 0 atom stereocenters. The largest absolute Gasteiger partial charge is 0.299 e. The van der Waals surface area contributed by atoms with Gasteiger partial charge in [-0.05, 0) is 6.92 Å². The Morgan fingerprint density at radius 3 is 2.33 bits per heavy atom. The van der Waals surface area contributed by atoms with E-state index in [1.54, 1.807) is 0 Å². The van der Waals surface area contributed by atoms with Crippen LogP contribution in [0.1, 0.15) is 6.92 Å². The van der Waals surface area contributed by atoms with Crippen LogP contribution in [0.4, 0.5) is 0 Å². The maximum absolute atomic E-state index is 10.8. The van der Waals surface area contributed by atoms with Crippen LogP contribution in [0.5, 0.6) is 0 Å². The van der Waals surface area contributed by atoms with Crippen molar-refractivity contribution in [1.29, 1.82) is 0 Å². The van der Waals surface area contributed by atoms with Crippen LogP contribution in [0.3, 0.4) is 0 Å². The van der Waals surface area contributed by atoms with E-state index in [0.717, 1.165) is 0 Å². The first-order chi connectivity index (χ1) is 6.93. The lowest BCUT2D eigenvalue weighted by molar-refractivity contribution is -0.114. The highest BCUT2D eigenvalue weighted by Gasteiger charge is 2.15. The van der Waals surface area contributed by atoms with E-state index < -0.39 is 0 Å². The predicted octanol–water partition coefficient (Wildman–Crippen LogP) is 4.38. The summed E-state index contributed by atoms with van der Waals surface area (Å²) in [7, 11) is 0. The summed E-state index contributed by atoms with van der Waals surface area (Å²) in [6, 6.07) is 0. The van der Waals surface area contributed by atoms with E-state index in [9.17, 15) is 4.79 Å². The fraction of sp³-hybridized carbons (Fsp3) is 0.250. The molecule has 7 heteroatoms. The zero-order valence-corrected chi connectivity index (χ0v) is 11.3. The second kappa shape index (κ2) is 5.60. The van der Waals surface area contributed by atoms with Crippen LogP contribution in [0.2, 0.25) is 20.2 Å². The molecule has 0 aromatic carbocycles. The van der Waals surface area contributed by atoms with Crippen molar-refractivity contribution >= 4 is 63.9 Å². The van der Waals surface area contributed by atoms with E-state index in [0.29, 0.717) is 5.03 Å². The van der Waals surface area contributed by atoms with Gasteiger partial charge in [-0.25, -0.2) is 4.98 Å². The SMILES string of the molecule is CC(=O)CSc1nc(Cl)c(Cl)c(Cl)c1Cl. The molecule has 0 aliphatic heterocycles. The Labute approximate surface area is 111 Å². The molecule has 0 unspecified atom stereocenters. The lowest BCUT2D eigenvalue weighted by atomic mass is 10.5. The van der Waals surface area contributed by atoms with Crippen LogP contribution in [-0.4, -0.2) is 16.5 Å². The van der Waals surface area contributed by atoms with Crippen molar-refractivity contribution in [3.05, 3.63) is 20.2 Å². The van der Waals surface area contributed by atoms with Gasteiger partial charge in [-0.1, -0.05) is 58.2 Å². The number of ketones is 1. The number of hydrogen-bond acceptors (Lipinski definition) is 3. The molecule has 0 saturated carbocycles. The van der Waals surface area contributed by atoms with Gasteiger partial charge in [-0.2, -0.15) is 0 Å². The van der Waals surface area contributed by atoms with Crippen LogP contribution in [0.15, 0.2) is 5.03 Å². The van der Waals surface area contributed by atoms with Crippen LogP contribution < -0.4 is 0 Å². The topological polar surface area (TPSA) is 30.0 Å². The second-order valence-corrected chi connectivity index (χ2v) is 5.10. The highest BCUT2D eigenvalue weighted by Crippen LogP contribution is 2.39. The average molecular weight is 305 g/mol. The summed E-state index contributed by atoms with van der Waals surface area (Å²) in [5.41, 5.74) is 0. The molecule has 82 valence electrons. The fourth-order valence-corrected chi connectivity index (χ4v) is 2.46. The number of aromatic nitrogens is 1. The molecule has 0 saturated heterocycles. The van der Waals surface area contributed by atoms with Crippen molar-refractivity contribution in [1.82, 2.24) is 4.98 Å². The molecule has 1 heterocycles. The molecular weight excluding hydrogens is 300 g/mol. The zero-order chi connectivity index (χ0) is 11.6. The molecule has 1 aromatic heterocycles. The molecule has 1 rings (SSSR count). The number of thioether (sulfide) groups is 1. The smallest absolute Gasteiger partial charge is 0.150 e. The number of pyridine rings is 1. The molecule has 1 aromatic rings. The number of rotatable bonds is 3. The monoisotopic (exact) mass is 303 g/mol. The normalized spacial score (nSPS) is 10.5. The second-order valence-electron chi connectivity index (χ2n) is 2.64. The Balaban J connectivity index is 3.04. The standard InChI is InChI=1S/C8H5Cl4NOS/c1-3(14)2-15-8-6(11)4(9)5(10)7(12)13-8/h2H2,1H3. The van der Waals surface area contributed by atoms with Gasteiger partial charge in [-0.15, -0.1) is 0 Å². The Kier molecular flexibility index (Phi) is 5.00. The molecule has 0 amide bonds. The van der Waals surface area contributed by atoms with E-state index >= 15 is 0 Å². The molecular formula is C8H5Cl4NOS. The number of nitrogens with zero attached hydrogens (tertiary/aromatic N) is 1. The van der Waals surface area contributed by atoms with Crippen molar-refractivity contribution < 1.29 is 4.79 Å². The summed E-state index contributed by atoms with van der Waals surface area (Å²) in [6.07, 6.45) is 0. The van der Waals surface area contributed by atoms with Crippen LogP contribution >= 0.6 is 58.2 Å². The van der Waals surface area contributed by atoms with Crippen molar-refractivity contribution in [2.75, 3.05) is 5.75 Å². The lowest BCUT2D eigenvalue weighted by Crippen LogP contribution is -1.95. The first-order valence-electron chi connectivity index (χ1n) is 3.75. The summed E-state index contributed by atoms with van der Waals surface area (Å²) in [5.74, 6) is 0.279. The number of carbonyl (C=O) groups is 1. The molecule has 15 heavy (non-hydrogen) atoms. The van der Waals surface area contributed by atoms with Gasteiger partial charge in [0.05, 0.1) is 20.8 Å². The third kappa shape index (κ3) is 3.40. The number of Topliss-reactive ketones (excluding diaryl/α,β-unsaturated/α-hetero) is 1. The first kappa shape index (κ1) is 13.4. The van der Waals surface area contributed by atoms with Crippen LogP contribution in [-0.2, 0) is 4.79 Å². The van der Waals surface area contributed by atoms with Crippen molar-refractivity contribution in [2.45, 2.75) is 11.9 Å². The third-order valence-corrected chi connectivity index (χ3v) is 4.28. The van der Waals surface area contributed by atoms with Gasteiger partial charge < -0.3 is 0 Å². The molecule has 0 fully saturated rings. The van der Waals surface area contributed by atoms with Crippen molar-refractivity contribution in [2.24, 2.45) is 0 Å². The Bertz CT molecular complexity index is 410. The molecule has 2 nitrogen and oxygen atoms in total. The van der Waals surface area contributed by atoms with Gasteiger partial charge in [0.1, 0.15) is 10.8 Å². The maximum atomic E-state index is 10.8. The Hall–Kier alpha value is 0.330. The zero-order valence-electron chi connectivity index (χ0n) is 7.48. The van der Waals surface area contributed by atoms with Crippen LogP contribution in [0.25, 0.3) is 0 Å². The van der Waals surface area contributed by atoms with E-state index in [4.69, 9.17) is 46.4 Å². The highest BCUT2D eigenvalue weighted by molar-refractivity contribution is 8.00. The molecule has 0 radical (unpaired) electrons. The molecule has 0 spiro atoms. The Morgan fingerprint density at radius 2 is 1.80 bits per heavy atom. The highest BCUT2D eigenvalue weighted by atomic mass is 35.5. The molecule has 0 aliphatic carbocycles. The summed E-state index contributed by atoms with van der Waals surface area (Å²) < 4.78 is 0. The van der Waals surface area contributed by atoms with Gasteiger partial charge in [0.2, 0.25) is 0 Å². The first-order valence-corrected chi connectivity index (χ1v) is 6.25. The fourth-order valence-electron chi connectivity index (χ4n) is 0.734. The minimum absolute atomic E-state index is 0.0139. The quantitative estimate of drug-likeness (QED) is 0.613. The Morgan fingerprint density at radius 1 is 1.20 bits per heavy atom. The van der Waals surface area contributed by atoms with Gasteiger partial charge in [0.15, 0.2) is 5.15 Å². The number of halogens is 4. The minimum atomic E-state index is 0.0139. The summed E-state index contributed by atoms with van der Waals surface area (Å²) in [4.78, 5) is 14.7. The minimum Gasteiger partial charge on any atom is -0.299 e. The summed E-state index contributed by atoms with van der Waals surface area (Å²) in [6.45, 7) is 1.47. The molecule has 0 bridgehead atoms. The molecule has 0 aliphatic rings. The van der Waals surface area contributed by atoms with Gasteiger partial charge in [0, 0.05) is 0 Å². The van der Waals surface area contributed by atoms with Gasteiger partial charge >= 0.3 is 0 Å². The third-order valence-electron chi connectivity index (χ3n) is 1.37. The number of carbonyl (C=O) groups excluding carboxylic acids is 1. The van der Waals surface area contributed by atoms with E-state index in [-0.39, 0.29) is 31.8 Å².